The second-order valence-electron chi connectivity index (χ2n) is 15.2. The number of hydrogen-bond donors (Lipinski definition) is 0. The molecule has 1 aliphatic rings. The first-order valence-corrected chi connectivity index (χ1v) is 20.2. The van der Waals surface area contributed by atoms with Crippen LogP contribution in [0.2, 0.25) is 0 Å². The van der Waals surface area contributed by atoms with Crippen LogP contribution in [0.5, 0.6) is 0 Å². The molecule has 4 nitrogen and oxygen atoms in total. The maximum Gasteiger partial charge on any atom is 0.238 e. The molecule has 0 aliphatic heterocycles. The minimum Gasteiger partial charge on any atom is -0.277 e. The Bertz CT molecular complexity index is 3140. The van der Waals surface area contributed by atoms with E-state index in [2.05, 4.69) is 176 Å². The lowest BCUT2D eigenvalue weighted by molar-refractivity contribution is 0.660. The molecule has 0 saturated carbocycles. The average Bonchev–Trinajstić information content (AvgIpc) is 3.76. The van der Waals surface area contributed by atoms with Gasteiger partial charge in [0.05, 0.1) is 11.0 Å². The first kappa shape index (κ1) is 35.3. The van der Waals surface area contributed by atoms with Gasteiger partial charge >= 0.3 is 0 Å². The van der Waals surface area contributed by atoms with Crippen LogP contribution < -0.4 is 0 Å². The van der Waals surface area contributed by atoms with Crippen molar-refractivity contribution in [1.29, 1.82) is 0 Å². The van der Waals surface area contributed by atoms with Crippen molar-refractivity contribution in [2.45, 2.75) is 33.1 Å². The van der Waals surface area contributed by atoms with Crippen molar-refractivity contribution in [2.75, 3.05) is 0 Å². The largest absolute Gasteiger partial charge is 0.277 e. The van der Waals surface area contributed by atoms with Gasteiger partial charge in [-0.1, -0.05) is 204 Å². The van der Waals surface area contributed by atoms with Crippen LogP contribution in [0.15, 0.2) is 182 Å². The molecule has 0 radical (unpaired) electrons. The van der Waals surface area contributed by atoms with Gasteiger partial charge in [0.1, 0.15) is 0 Å². The monoisotopic (exact) mass is 746 g/mol. The molecule has 0 N–H and O–H groups in total. The first-order chi connectivity index (χ1) is 28.5. The van der Waals surface area contributed by atoms with Crippen LogP contribution in [-0.2, 0) is 5.41 Å². The highest BCUT2D eigenvalue weighted by molar-refractivity contribution is 6.21. The number of fused-ring (bicyclic) bond motifs is 8. The normalized spacial score (nSPS) is 12.6. The first-order valence-electron chi connectivity index (χ1n) is 20.2. The Balaban J connectivity index is 0.00000201. The summed E-state index contributed by atoms with van der Waals surface area (Å²) in [5.41, 5.74) is 13.9. The lowest BCUT2D eigenvalue weighted by Crippen LogP contribution is -2.14. The second kappa shape index (κ2) is 14.1. The van der Waals surface area contributed by atoms with Crippen LogP contribution in [0.1, 0.15) is 38.8 Å². The van der Waals surface area contributed by atoms with E-state index in [9.17, 15) is 0 Å². The molecule has 0 unspecified atom stereocenters. The summed E-state index contributed by atoms with van der Waals surface area (Å²) in [7, 11) is 0. The Morgan fingerprint density at radius 3 is 1.67 bits per heavy atom. The summed E-state index contributed by atoms with van der Waals surface area (Å²) in [6, 6.07) is 64.8. The summed E-state index contributed by atoms with van der Waals surface area (Å²) in [6.07, 6.45) is 0. The van der Waals surface area contributed by atoms with Gasteiger partial charge in [0, 0.05) is 38.3 Å². The van der Waals surface area contributed by atoms with Crippen LogP contribution in [-0.4, -0.2) is 19.5 Å². The number of aromatic nitrogens is 4. The lowest BCUT2D eigenvalue weighted by atomic mass is 9.82. The molecule has 8 aromatic carbocycles. The molecule has 0 spiro atoms. The van der Waals surface area contributed by atoms with E-state index >= 15 is 0 Å². The molecule has 2 aromatic heterocycles. The number of para-hydroxylation sites is 1. The smallest absolute Gasteiger partial charge is 0.238 e. The Morgan fingerprint density at radius 1 is 0.379 bits per heavy atom. The quantitative estimate of drug-likeness (QED) is 0.176. The molecule has 0 atom stereocenters. The molecule has 278 valence electrons. The lowest BCUT2D eigenvalue weighted by Gasteiger charge is -2.21. The topological polar surface area (TPSA) is 43.6 Å². The van der Waals surface area contributed by atoms with E-state index < -0.39 is 0 Å². The number of nitrogens with zero attached hydrogens (tertiary/aromatic N) is 4. The SMILES string of the molecule is CC.CC1(C)c2ccccc2-c2cc(-c3cccc4c5ccc6ccccc6c5n(-c5nc(-c6ccccc6)nc(-c6ccc(-c7ccccc7)cc6)n5)c34)ccc21. The Labute approximate surface area is 339 Å². The maximum absolute atomic E-state index is 5.36. The zero-order valence-electron chi connectivity index (χ0n) is 33.1. The summed E-state index contributed by atoms with van der Waals surface area (Å²) < 4.78 is 2.30. The third kappa shape index (κ3) is 5.63. The summed E-state index contributed by atoms with van der Waals surface area (Å²) >= 11 is 0. The maximum atomic E-state index is 5.36. The minimum atomic E-state index is -0.0707. The summed E-state index contributed by atoms with van der Waals surface area (Å²) in [5.74, 6) is 1.83. The van der Waals surface area contributed by atoms with E-state index in [0.717, 1.165) is 60.4 Å². The number of rotatable bonds is 5. The number of hydrogen-bond acceptors (Lipinski definition) is 3. The molecular formula is C54H42N4. The van der Waals surface area contributed by atoms with Crippen LogP contribution in [0.4, 0.5) is 0 Å². The van der Waals surface area contributed by atoms with Crippen LogP contribution >= 0.6 is 0 Å². The van der Waals surface area contributed by atoms with Gasteiger partial charge in [-0.2, -0.15) is 9.97 Å². The summed E-state index contributed by atoms with van der Waals surface area (Å²) in [4.78, 5) is 15.8. The van der Waals surface area contributed by atoms with Crippen molar-refractivity contribution < 1.29 is 0 Å². The molecule has 11 rings (SSSR count). The number of benzene rings is 8. The second-order valence-corrected chi connectivity index (χ2v) is 15.2. The third-order valence-electron chi connectivity index (χ3n) is 11.7. The molecule has 10 aromatic rings. The van der Waals surface area contributed by atoms with E-state index in [1.54, 1.807) is 0 Å². The molecule has 58 heavy (non-hydrogen) atoms. The van der Waals surface area contributed by atoms with Gasteiger partial charge in [0.2, 0.25) is 5.95 Å². The van der Waals surface area contributed by atoms with Gasteiger partial charge in [0.25, 0.3) is 0 Å². The van der Waals surface area contributed by atoms with Crippen LogP contribution in [0, 0.1) is 0 Å². The van der Waals surface area contributed by atoms with E-state index in [1.807, 2.05) is 38.1 Å². The molecule has 0 amide bonds. The van der Waals surface area contributed by atoms with E-state index in [0.29, 0.717) is 17.6 Å². The third-order valence-corrected chi connectivity index (χ3v) is 11.7. The molecule has 0 bridgehead atoms. The average molecular weight is 747 g/mol. The zero-order chi connectivity index (χ0) is 39.4. The standard InChI is InChI=1S/C52H36N4.C2H6/c1-52(2)45-23-12-11-20-41(45)44-32-38(29-31-46(44)52)40-21-13-22-42-43-30-28-35-16-9-10-19-39(35)47(43)56(48(40)42)51-54-49(36-17-7-4-8-18-36)53-50(55-51)37-26-24-34(25-27-37)33-14-5-3-6-15-33;1-2/h3-32H,1-2H3;1-2H3. The Morgan fingerprint density at radius 2 is 0.914 bits per heavy atom. The van der Waals surface area contributed by atoms with Gasteiger partial charge in [-0.15, -0.1) is 0 Å². The predicted octanol–water partition coefficient (Wildman–Crippen LogP) is 14.1. The van der Waals surface area contributed by atoms with Gasteiger partial charge in [-0.05, 0) is 50.4 Å². The highest BCUT2D eigenvalue weighted by Crippen LogP contribution is 2.50. The fourth-order valence-electron chi connectivity index (χ4n) is 8.90. The van der Waals surface area contributed by atoms with Gasteiger partial charge < -0.3 is 0 Å². The van der Waals surface area contributed by atoms with Crippen molar-refractivity contribution in [3.63, 3.8) is 0 Å². The molecule has 0 saturated heterocycles. The van der Waals surface area contributed by atoms with E-state index in [-0.39, 0.29) is 5.41 Å². The molecule has 0 fully saturated rings. The molecule has 1 aliphatic carbocycles. The van der Waals surface area contributed by atoms with Gasteiger partial charge in [-0.25, -0.2) is 4.98 Å². The van der Waals surface area contributed by atoms with Crippen molar-refractivity contribution in [1.82, 2.24) is 19.5 Å². The van der Waals surface area contributed by atoms with Crippen molar-refractivity contribution in [3.05, 3.63) is 193 Å². The van der Waals surface area contributed by atoms with E-state index in [1.165, 1.54) is 27.8 Å². The van der Waals surface area contributed by atoms with E-state index in [4.69, 9.17) is 15.0 Å². The summed E-state index contributed by atoms with van der Waals surface area (Å²) in [6.45, 7) is 8.66. The fourth-order valence-corrected chi connectivity index (χ4v) is 8.90. The van der Waals surface area contributed by atoms with Crippen LogP contribution in [0.25, 0.3) is 94.7 Å². The molecular weight excluding hydrogens is 705 g/mol. The summed E-state index contributed by atoms with van der Waals surface area (Å²) in [5, 5.41) is 4.62. The Hall–Kier alpha value is -7.17. The fraction of sp³-hybridized carbons (Fsp3) is 0.0926. The van der Waals surface area contributed by atoms with Gasteiger partial charge in [-0.3, -0.25) is 4.57 Å². The Kier molecular flexibility index (Phi) is 8.57. The van der Waals surface area contributed by atoms with Crippen molar-refractivity contribution in [2.24, 2.45) is 0 Å². The van der Waals surface area contributed by atoms with Crippen molar-refractivity contribution >= 4 is 32.6 Å². The zero-order valence-corrected chi connectivity index (χ0v) is 33.1. The molecule has 2 heterocycles. The van der Waals surface area contributed by atoms with Gasteiger partial charge in [0.15, 0.2) is 11.6 Å². The minimum absolute atomic E-state index is 0.0707. The highest BCUT2D eigenvalue weighted by atomic mass is 15.2. The molecule has 4 heteroatoms. The highest BCUT2D eigenvalue weighted by Gasteiger charge is 2.35. The predicted molar refractivity (Wildman–Crippen MR) is 242 cm³/mol. The van der Waals surface area contributed by atoms with Crippen LogP contribution in [0.3, 0.4) is 0 Å². The van der Waals surface area contributed by atoms with Crippen molar-refractivity contribution in [3.8, 4) is 62.1 Å².